The van der Waals surface area contributed by atoms with Crippen molar-refractivity contribution in [1.82, 2.24) is 0 Å². The zero-order valence-corrected chi connectivity index (χ0v) is 10.6. The van der Waals surface area contributed by atoms with Gasteiger partial charge in [0.15, 0.2) is 11.1 Å². The predicted molar refractivity (Wildman–Crippen MR) is 51.3 cm³/mol. The van der Waals surface area contributed by atoms with Crippen LogP contribution in [0, 0.1) is 0 Å². The van der Waals surface area contributed by atoms with Crippen LogP contribution in [-0.4, -0.2) is 38.3 Å². The summed E-state index contributed by atoms with van der Waals surface area (Å²) >= 11 is 9.07. The van der Waals surface area contributed by atoms with Crippen LogP contribution >= 0.6 is 23.2 Å². The Kier molecular flexibility index (Phi) is 6.03. The van der Waals surface area contributed by atoms with Gasteiger partial charge in [-0.2, -0.15) is 0 Å². The third-order valence-corrected chi connectivity index (χ3v) is 2.47. The van der Waals surface area contributed by atoms with Crippen molar-refractivity contribution in [2.45, 2.75) is 4.90 Å². The van der Waals surface area contributed by atoms with Crippen LogP contribution in [0.25, 0.3) is 0 Å². The molecule has 0 heterocycles. The smallest absolute Gasteiger partial charge is 0.188 e. The second-order valence-electron chi connectivity index (χ2n) is 1.82. The molecule has 0 aliphatic rings. The van der Waals surface area contributed by atoms with E-state index in [0.29, 0.717) is 5.02 Å². The fraction of sp³-hybridized carbons (Fsp3) is 0. The van der Waals surface area contributed by atoms with Gasteiger partial charge in [0.25, 0.3) is 0 Å². The monoisotopic (exact) mass is 233 g/mol. The molecule has 0 fully saturated rings. The minimum absolute atomic E-state index is 0. The minimum atomic E-state index is -2.07. The molecule has 12 heavy (non-hydrogen) atoms. The molecule has 1 aromatic rings. The van der Waals surface area contributed by atoms with Crippen molar-refractivity contribution >= 4 is 63.8 Å². The summed E-state index contributed by atoms with van der Waals surface area (Å²) in [4.78, 5) is 0.138. The molecule has 1 aromatic carbocycles. The Labute approximate surface area is 105 Å². The molecule has 1 rings (SSSR count). The van der Waals surface area contributed by atoms with Gasteiger partial charge in [0.1, 0.15) is 0 Å². The van der Waals surface area contributed by atoms with E-state index in [2.05, 4.69) is 0 Å². The SMILES string of the molecule is O=S(O)c1cc(Cl)ccc1Cl.[Na]. The van der Waals surface area contributed by atoms with Crippen LogP contribution < -0.4 is 0 Å². The van der Waals surface area contributed by atoms with E-state index in [1.165, 1.54) is 12.1 Å². The summed E-state index contributed by atoms with van der Waals surface area (Å²) < 4.78 is 19.2. The van der Waals surface area contributed by atoms with E-state index in [1.807, 2.05) is 0 Å². The van der Waals surface area contributed by atoms with E-state index in [1.54, 1.807) is 6.07 Å². The molecule has 0 amide bonds. The summed E-state index contributed by atoms with van der Waals surface area (Å²) in [5, 5.41) is 0.641. The molecule has 1 atom stereocenters. The first-order valence-corrected chi connectivity index (χ1v) is 4.53. The molecule has 2 nitrogen and oxygen atoms in total. The van der Waals surface area contributed by atoms with E-state index >= 15 is 0 Å². The van der Waals surface area contributed by atoms with Crippen LogP contribution in [0.3, 0.4) is 0 Å². The van der Waals surface area contributed by atoms with Crippen molar-refractivity contribution in [3.63, 3.8) is 0 Å². The summed E-state index contributed by atoms with van der Waals surface area (Å²) in [6.45, 7) is 0. The van der Waals surface area contributed by atoms with E-state index < -0.39 is 11.1 Å². The van der Waals surface area contributed by atoms with Crippen LogP contribution in [0.1, 0.15) is 0 Å². The van der Waals surface area contributed by atoms with Crippen molar-refractivity contribution < 1.29 is 8.76 Å². The van der Waals surface area contributed by atoms with Gasteiger partial charge in [0.2, 0.25) is 0 Å². The molecule has 0 aliphatic heterocycles. The van der Waals surface area contributed by atoms with Crippen LogP contribution in [0.2, 0.25) is 10.0 Å². The molecular weight excluding hydrogens is 230 g/mol. The van der Waals surface area contributed by atoms with Gasteiger partial charge in [0, 0.05) is 34.6 Å². The van der Waals surface area contributed by atoms with Gasteiger partial charge in [-0.25, -0.2) is 4.21 Å². The van der Waals surface area contributed by atoms with Crippen molar-refractivity contribution in [3.8, 4) is 0 Å². The Morgan fingerprint density at radius 1 is 1.33 bits per heavy atom. The summed E-state index contributed by atoms with van der Waals surface area (Å²) in [5.41, 5.74) is 0. The van der Waals surface area contributed by atoms with E-state index in [0.717, 1.165) is 0 Å². The van der Waals surface area contributed by atoms with Crippen molar-refractivity contribution in [2.24, 2.45) is 0 Å². The zero-order valence-electron chi connectivity index (χ0n) is 6.25. The summed E-state index contributed by atoms with van der Waals surface area (Å²) in [5.74, 6) is 0. The molecule has 0 aromatic heterocycles. The quantitative estimate of drug-likeness (QED) is 0.597. The van der Waals surface area contributed by atoms with E-state index in [-0.39, 0.29) is 39.5 Å². The summed E-state index contributed by atoms with van der Waals surface area (Å²) in [6, 6.07) is 4.40. The molecule has 0 bridgehead atoms. The van der Waals surface area contributed by atoms with Gasteiger partial charge < -0.3 is 4.55 Å². The molecule has 6 heteroatoms. The molecule has 0 saturated carbocycles. The fourth-order valence-corrected chi connectivity index (χ4v) is 1.63. The molecule has 1 N–H and O–H groups in total. The van der Waals surface area contributed by atoms with Crippen LogP contribution in [0.15, 0.2) is 23.1 Å². The van der Waals surface area contributed by atoms with E-state index in [9.17, 15) is 4.21 Å². The first-order chi connectivity index (χ1) is 5.11. The van der Waals surface area contributed by atoms with Gasteiger partial charge in [-0.1, -0.05) is 23.2 Å². The van der Waals surface area contributed by atoms with Gasteiger partial charge >= 0.3 is 0 Å². The molecule has 61 valence electrons. The van der Waals surface area contributed by atoms with Crippen molar-refractivity contribution in [1.29, 1.82) is 0 Å². The topological polar surface area (TPSA) is 37.3 Å². The first-order valence-electron chi connectivity index (χ1n) is 2.67. The van der Waals surface area contributed by atoms with Gasteiger partial charge in [-0.05, 0) is 18.2 Å². The molecule has 0 aliphatic carbocycles. The Balaban J connectivity index is 0.00000121. The number of rotatable bonds is 1. The van der Waals surface area contributed by atoms with Gasteiger partial charge in [-0.3, -0.25) is 0 Å². The minimum Gasteiger partial charge on any atom is -0.302 e. The Bertz CT molecular complexity index is 306. The molecular formula is C6H4Cl2NaO2S. The Morgan fingerprint density at radius 3 is 2.33 bits per heavy atom. The standard InChI is InChI=1S/C6H4Cl2O2S.Na/c7-4-1-2-5(8)6(3-4)11(9)10;/h1-3H,(H,9,10);. The second kappa shape index (κ2) is 5.60. The molecule has 0 saturated heterocycles. The largest absolute Gasteiger partial charge is 0.302 e. The molecule has 1 radical (unpaired) electrons. The maximum Gasteiger partial charge on any atom is 0.188 e. The molecule has 0 spiro atoms. The van der Waals surface area contributed by atoms with E-state index in [4.69, 9.17) is 27.8 Å². The summed E-state index contributed by atoms with van der Waals surface area (Å²) in [7, 11) is 0. The third-order valence-electron chi connectivity index (χ3n) is 1.08. The Hall–Kier alpha value is 0.910. The van der Waals surface area contributed by atoms with Crippen LogP contribution in [-0.2, 0) is 11.1 Å². The third kappa shape index (κ3) is 3.34. The van der Waals surface area contributed by atoms with Crippen LogP contribution in [0.5, 0.6) is 0 Å². The Morgan fingerprint density at radius 2 is 1.92 bits per heavy atom. The number of hydrogen-bond acceptors (Lipinski definition) is 1. The van der Waals surface area contributed by atoms with Gasteiger partial charge in [0.05, 0.1) is 9.92 Å². The van der Waals surface area contributed by atoms with Gasteiger partial charge in [-0.15, -0.1) is 0 Å². The number of benzene rings is 1. The molecule has 1 unspecified atom stereocenters. The second-order valence-corrected chi connectivity index (χ2v) is 3.61. The van der Waals surface area contributed by atoms with Crippen LogP contribution in [0.4, 0.5) is 0 Å². The summed E-state index contributed by atoms with van der Waals surface area (Å²) in [6.07, 6.45) is 0. The maximum atomic E-state index is 10.5. The average molecular weight is 234 g/mol. The van der Waals surface area contributed by atoms with Crippen molar-refractivity contribution in [2.75, 3.05) is 0 Å². The zero-order chi connectivity index (χ0) is 8.43. The predicted octanol–water partition coefficient (Wildman–Crippen LogP) is 2.19. The van der Waals surface area contributed by atoms with Crippen molar-refractivity contribution in [3.05, 3.63) is 28.2 Å². The number of hydrogen-bond donors (Lipinski definition) is 1. The fourth-order valence-electron chi connectivity index (χ4n) is 0.611. The maximum absolute atomic E-state index is 10.5. The number of halogens is 2. The normalized spacial score (nSPS) is 11.9. The first kappa shape index (κ1) is 12.9. The average Bonchev–Trinajstić information content (AvgIpc) is 1.94.